The van der Waals surface area contributed by atoms with Gasteiger partial charge < -0.3 is 9.47 Å². The molecule has 0 saturated heterocycles. The molecule has 1 atom stereocenters. The minimum atomic E-state index is -0.535. The Labute approximate surface area is 126 Å². The van der Waals surface area contributed by atoms with Crippen LogP contribution >= 0.6 is 0 Å². The van der Waals surface area contributed by atoms with Gasteiger partial charge in [-0.2, -0.15) is 0 Å². The van der Waals surface area contributed by atoms with Gasteiger partial charge in [-0.25, -0.2) is 4.79 Å². The predicted molar refractivity (Wildman–Crippen MR) is 82.4 cm³/mol. The smallest absolute Gasteiger partial charge is 0.327 e. The van der Waals surface area contributed by atoms with E-state index in [9.17, 15) is 4.79 Å². The zero-order valence-corrected chi connectivity index (χ0v) is 12.9. The third-order valence-electron chi connectivity index (χ3n) is 3.42. The molecule has 1 aliphatic rings. The fraction of sp³-hybridized carbons (Fsp3) is 0.471. The number of hydrogen-bond donors (Lipinski definition) is 1. The standard InChI is InChI=1S/C17H23NO3/c1-5-10-18-14(16(19)20-6-2)13-9-7-8-12-11-17(3,4)21-15(12)13/h5,7-9,14,18H,1,6,10-11H2,2-4H3. The fourth-order valence-electron chi connectivity index (χ4n) is 2.61. The van der Waals surface area contributed by atoms with E-state index in [1.54, 1.807) is 13.0 Å². The number of carbonyl (C=O) groups excluding carboxylic acids is 1. The molecule has 0 radical (unpaired) electrons. The highest BCUT2D eigenvalue weighted by molar-refractivity contribution is 5.79. The average Bonchev–Trinajstić information content (AvgIpc) is 2.74. The number of esters is 1. The summed E-state index contributed by atoms with van der Waals surface area (Å²) in [7, 11) is 0. The summed E-state index contributed by atoms with van der Waals surface area (Å²) in [4.78, 5) is 12.2. The lowest BCUT2D eigenvalue weighted by Crippen LogP contribution is -2.31. The Balaban J connectivity index is 2.35. The van der Waals surface area contributed by atoms with Gasteiger partial charge in [0.05, 0.1) is 6.61 Å². The van der Waals surface area contributed by atoms with Crippen LogP contribution in [0.15, 0.2) is 30.9 Å². The van der Waals surface area contributed by atoms with Crippen LogP contribution in [0.1, 0.15) is 37.9 Å². The highest BCUT2D eigenvalue weighted by atomic mass is 16.5. The van der Waals surface area contributed by atoms with Gasteiger partial charge in [-0.15, -0.1) is 6.58 Å². The maximum absolute atomic E-state index is 12.2. The molecule has 114 valence electrons. The summed E-state index contributed by atoms with van der Waals surface area (Å²) < 4.78 is 11.2. The van der Waals surface area contributed by atoms with E-state index < -0.39 is 6.04 Å². The first-order chi connectivity index (χ1) is 9.98. The Hall–Kier alpha value is -1.81. The number of para-hydroxylation sites is 1. The molecule has 1 aliphatic heterocycles. The van der Waals surface area contributed by atoms with Crippen molar-refractivity contribution in [2.24, 2.45) is 0 Å². The number of hydrogen-bond acceptors (Lipinski definition) is 4. The van der Waals surface area contributed by atoms with Gasteiger partial charge in [0.15, 0.2) is 0 Å². The maximum Gasteiger partial charge on any atom is 0.327 e. The molecule has 21 heavy (non-hydrogen) atoms. The summed E-state index contributed by atoms with van der Waals surface area (Å²) in [6.07, 6.45) is 2.56. The Morgan fingerprint density at radius 3 is 3.00 bits per heavy atom. The normalized spacial score (nSPS) is 16.7. The molecule has 4 heteroatoms. The van der Waals surface area contributed by atoms with Crippen molar-refractivity contribution >= 4 is 5.97 Å². The van der Waals surface area contributed by atoms with Gasteiger partial charge in [0, 0.05) is 18.5 Å². The van der Waals surface area contributed by atoms with Crippen molar-refractivity contribution in [3.63, 3.8) is 0 Å². The highest BCUT2D eigenvalue weighted by Gasteiger charge is 2.35. The maximum atomic E-state index is 12.2. The lowest BCUT2D eigenvalue weighted by atomic mass is 9.98. The topological polar surface area (TPSA) is 47.6 Å². The summed E-state index contributed by atoms with van der Waals surface area (Å²) in [6, 6.07) is 5.38. The second-order valence-corrected chi connectivity index (χ2v) is 5.76. The summed E-state index contributed by atoms with van der Waals surface area (Å²) >= 11 is 0. The third-order valence-corrected chi connectivity index (χ3v) is 3.42. The van der Waals surface area contributed by atoms with Gasteiger partial charge in [0.25, 0.3) is 0 Å². The number of benzene rings is 1. The second kappa shape index (κ2) is 6.31. The largest absolute Gasteiger partial charge is 0.487 e. The SMILES string of the molecule is C=CCNC(C(=O)OCC)c1cccc2c1OC(C)(C)C2. The first-order valence-corrected chi connectivity index (χ1v) is 7.30. The minimum absolute atomic E-state index is 0.240. The van der Waals surface area contributed by atoms with E-state index in [1.807, 2.05) is 32.0 Å². The van der Waals surface area contributed by atoms with Crippen molar-refractivity contribution in [2.75, 3.05) is 13.2 Å². The molecule has 1 aromatic rings. The van der Waals surface area contributed by atoms with Gasteiger partial charge in [0.1, 0.15) is 17.4 Å². The Morgan fingerprint density at radius 1 is 1.57 bits per heavy atom. The van der Waals surface area contributed by atoms with Crippen LogP contribution in [0.2, 0.25) is 0 Å². The molecule has 1 heterocycles. The predicted octanol–water partition coefficient (Wildman–Crippen LogP) is 2.78. The first kappa shape index (κ1) is 15.6. The number of carbonyl (C=O) groups is 1. The van der Waals surface area contributed by atoms with E-state index in [0.717, 1.165) is 23.3 Å². The summed E-state index contributed by atoms with van der Waals surface area (Å²) in [5.41, 5.74) is 1.72. The highest BCUT2D eigenvalue weighted by Crippen LogP contribution is 2.40. The second-order valence-electron chi connectivity index (χ2n) is 5.76. The zero-order valence-electron chi connectivity index (χ0n) is 12.9. The Morgan fingerprint density at radius 2 is 2.33 bits per heavy atom. The third kappa shape index (κ3) is 3.45. The molecule has 4 nitrogen and oxygen atoms in total. The van der Waals surface area contributed by atoms with Crippen molar-refractivity contribution in [3.8, 4) is 5.75 Å². The van der Waals surface area contributed by atoms with Crippen molar-refractivity contribution in [1.29, 1.82) is 0 Å². The monoisotopic (exact) mass is 289 g/mol. The van der Waals surface area contributed by atoms with Gasteiger partial charge >= 0.3 is 5.97 Å². The Bertz CT molecular complexity index is 537. The van der Waals surface area contributed by atoms with Gasteiger partial charge in [-0.05, 0) is 26.3 Å². The molecule has 0 fully saturated rings. The van der Waals surface area contributed by atoms with Crippen molar-refractivity contribution in [3.05, 3.63) is 42.0 Å². The van der Waals surface area contributed by atoms with E-state index in [0.29, 0.717) is 13.2 Å². The van der Waals surface area contributed by atoms with Crippen LogP contribution in [0.3, 0.4) is 0 Å². The van der Waals surface area contributed by atoms with Gasteiger partial charge in [-0.1, -0.05) is 24.3 Å². The summed E-state index contributed by atoms with van der Waals surface area (Å²) in [5.74, 6) is 0.512. The van der Waals surface area contributed by atoms with Crippen LogP contribution in [0.5, 0.6) is 5.75 Å². The number of fused-ring (bicyclic) bond motifs is 1. The molecular weight excluding hydrogens is 266 g/mol. The van der Waals surface area contributed by atoms with Crippen LogP contribution in [0, 0.1) is 0 Å². The lowest BCUT2D eigenvalue weighted by Gasteiger charge is -2.22. The number of ether oxygens (including phenoxy) is 2. The molecule has 1 aromatic carbocycles. The molecule has 0 aliphatic carbocycles. The van der Waals surface area contributed by atoms with Crippen LogP contribution in [-0.2, 0) is 16.0 Å². The summed E-state index contributed by atoms with van der Waals surface area (Å²) in [5, 5.41) is 3.15. The zero-order chi connectivity index (χ0) is 15.5. The van der Waals surface area contributed by atoms with E-state index in [-0.39, 0.29) is 11.6 Å². The van der Waals surface area contributed by atoms with Crippen LogP contribution in [0.25, 0.3) is 0 Å². The van der Waals surface area contributed by atoms with Crippen molar-refractivity contribution < 1.29 is 14.3 Å². The molecule has 2 rings (SSSR count). The Kier molecular flexibility index (Phi) is 4.68. The molecular formula is C17H23NO3. The fourth-order valence-corrected chi connectivity index (χ4v) is 2.61. The van der Waals surface area contributed by atoms with Crippen LogP contribution < -0.4 is 10.1 Å². The molecule has 0 spiro atoms. The van der Waals surface area contributed by atoms with Crippen LogP contribution in [0.4, 0.5) is 0 Å². The molecule has 1 N–H and O–H groups in total. The number of nitrogens with one attached hydrogen (secondary N) is 1. The first-order valence-electron chi connectivity index (χ1n) is 7.30. The minimum Gasteiger partial charge on any atom is -0.487 e. The molecule has 0 aromatic heterocycles. The van der Waals surface area contributed by atoms with Crippen molar-refractivity contribution in [2.45, 2.75) is 38.8 Å². The molecule has 0 bridgehead atoms. The molecule has 0 amide bonds. The van der Waals surface area contributed by atoms with Gasteiger partial charge in [0.2, 0.25) is 0 Å². The van der Waals surface area contributed by atoms with Crippen molar-refractivity contribution in [1.82, 2.24) is 5.32 Å². The molecule has 1 unspecified atom stereocenters. The summed E-state index contributed by atoms with van der Waals surface area (Å²) in [6.45, 7) is 10.5. The molecule has 0 saturated carbocycles. The number of rotatable bonds is 6. The quantitative estimate of drug-likeness (QED) is 0.646. The van der Waals surface area contributed by atoms with Gasteiger partial charge in [-0.3, -0.25) is 5.32 Å². The van der Waals surface area contributed by atoms with E-state index in [2.05, 4.69) is 11.9 Å². The average molecular weight is 289 g/mol. The van der Waals surface area contributed by atoms with E-state index in [1.165, 1.54) is 0 Å². The van der Waals surface area contributed by atoms with E-state index in [4.69, 9.17) is 9.47 Å². The lowest BCUT2D eigenvalue weighted by molar-refractivity contribution is -0.145. The van der Waals surface area contributed by atoms with E-state index >= 15 is 0 Å². The van der Waals surface area contributed by atoms with Crippen LogP contribution in [-0.4, -0.2) is 24.7 Å².